The minimum Gasteiger partial charge on any atom is -0.322 e. The number of benzene rings is 3. The lowest BCUT2D eigenvalue weighted by Gasteiger charge is -2.10. The Bertz CT molecular complexity index is 1010. The highest BCUT2D eigenvalue weighted by Gasteiger charge is 2.11. The van der Waals surface area contributed by atoms with E-state index in [0.717, 1.165) is 11.1 Å². The molecule has 4 nitrogen and oxygen atoms in total. The Hall–Kier alpha value is -3.11. The summed E-state index contributed by atoms with van der Waals surface area (Å²) in [6, 6.07) is 19.5. The maximum Gasteiger partial charge on any atom is 0.255 e. The maximum absolute atomic E-state index is 12.4. The lowest BCUT2D eigenvalue weighted by atomic mass is 10.1. The summed E-state index contributed by atoms with van der Waals surface area (Å²) in [7, 11) is 0. The number of aryl methyl sites for hydroxylation is 2. The first-order valence-corrected chi connectivity index (χ1v) is 8.86. The quantitative estimate of drug-likeness (QED) is 0.633. The molecule has 3 aromatic carbocycles. The van der Waals surface area contributed by atoms with E-state index in [0.29, 0.717) is 27.5 Å². The number of rotatable bonds is 4. The van der Waals surface area contributed by atoms with Crippen molar-refractivity contribution in [1.29, 1.82) is 0 Å². The molecule has 0 radical (unpaired) electrons. The summed E-state index contributed by atoms with van der Waals surface area (Å²) in [6.07, 6.45) is 0. The van der Waals surface area contributed by atoms with Gasteiger partial charge in [0.1, 0.15) is 0 Å². The number of carbonyl (C=O) groups is 2. The highest BCUT2D eigenvalue weighted by molar-refractivity contribution is 6.31. The van der Waals surface area contributed by atoms with Crippen LogP contribution in [-0.4, -0.2) is 11.8 Å². The predicted molar refractivity (Wildman–Crippen MR) is 110 cm³/mol. The standard InChI is InChI=1S/C22H19ClN2O2/c1-14-6-3-4-9-19(14)22(27)25-18-8-5-7-17(13-18)24-21(26)16-11-10-15(2)20(23)12-16/h3-13H,1-2H3,(H,24,26)(H,25,27). The highest BCUT2D eigenvalue weighted by atomic mass is 35.5. The molecule has 2 amide bonds. The fourth-order valence-corrected chi connectivity index (χ4v) is 2.82. The lowest BCUT2D eigenvalue weighted by molar-refractivity contribution is 0.101. The monoisotopic (exact) mass is 378 g/mol. The van der Waals surface area contributed by atoms with Crippen molar-refractivity contribution in [3.05, 3.63) is 94.0 Å². The largest absolute Gasteiger partial charge is 0.322 e. The summed E-state index contributed by atoms with van der Waals surface area (Å²) < 4.78 is 0. The third kappa shape index (κ3) is 4.54. The molecule has 0 bridgehead atoms. The second-order valence-corrected chi connectivity index (χ2v) is 6.68. The molecule has 0 heterocycles. The van der Waals surface area contributed by atoms with Crippen LogP contribution in [0, 0.1) is 13.8 Å². The highest BCUT2D eigenvalue weighted by Crippen LogP contribution is 2.20. The van der Waals surface area contributed by atoms with Gasteiger partial charge in [-0.2, -0.15) is 0 Å². The van der Waals surface area contributed by atoms with Gasteiger partial charge in [0.15, 0.2) is 0 Å². The number of carbonyl (C=O) groups excluding carboxylic acids is 2. The summed E-state index contributed by atoms with van der Waals surface area (Å²) >= 11 is 6.09. The van der Waals surface area contributed by atoms with Gasteiger partial charge in [0.05, 0.1) is 0 Å². The van der Waals surface area contributed by atoms with Crippen molar-refractivity contribution < 1.29 is 9.59 Å². The van der Waals surface area contributed by atoms with Gasteiger partial charge in [-0.1, -0.05) is 41.9 Å². The molecule has 0 aliphatic heterocycles. The number of anilines is 2. The summed E-state index contributed by atoms with van der Waals surface area (Å²) in [5, 5.41) is 6.22. The Morgan fingerprint density at radius 2 is 1.41 bits per heavy atom. The minimum absolute atomic E-state index is 0.193. The Morgan fingerprint density at radius 1 is 0.741 bits per heavy atom. The van der Waals surface area contributed by atoms with E-state index in [1.807, 2.05) is 32.0 Å². The Labute approximate surface area is 163 Å². The van der Waals surface area contributed by atoms with Gasteiger partial charge in [0.25, 0.3) is 11.8 Å². The summed E-state index contributed by atoms with van der Waals surface area (Å²) in [4.78, 5) is 24.9. The predicted octanol–water partition coefficient (Wildman–Crippen LogP) is 5.46. The summed E-state index contributed by atoms with van der Waals surface area (Å²) in [5.74, 6) is -0.457. The van der Waals surface area contributed by atoms with Crippen LogP contribution in [0.25, 0.3) is 0 Å². The number of nitrogens with one attached hydrogen (secondary N) is 2. The molecular weight excluding hydrogens is 360 g/mol. The molecule has 5 heteroatoms. The first kappa shape index (κ1) is 18.7. The molecule has 0 atom stereocenters. The SMILES string of the molecule is Cc1ccc(C(=O)Nc2cccc(NC(=O)c3ccccc3C)c2)cc1Cl. The van der Waals surface area contributed by atoms with E-state index in [-0.39, 0.29) is 11.8 Å². The van der Waals surface area contributed by atoms with Crippen molar-refractivity contribution in [2.24, 2.45) is 0 Å². The molecule has 0 unspecified atom stereocenters. The van der Waals surface area contributed by atoms with Gasteiger partial charge < -0.3 is 10.6 Å². The fraction of sp³-hybridized carbons (Fsp3) is 0.0909. The van der Waals surface area contributed by atoms with E-state index in [2.05, 4.69) is 10.6 Å². The molecule has 0 fully saturated rings. The molecule has 0 saturated heterocycles. The zero-order chi connectivity index (χ0) is 19.4. The van der Waals surface area contributed by atoms with E-state index in [4.69, 9.17) is 11.6 Å². The van der Waals surface area contributed by atoms with Crippen LogP contribution < -0.4 is 10.6 Å². The van der Waals surface area contributed by atoms with Crippen LogP contribution in [-0.2, 0) is 0 Å². The maximum atomic E-state index is 12.4. The van der Waals surface area contributed by atoms with Gasteiger partial charge in [-0.3, -0.25) is 9.59 Å². The van der Waals surface area contributed by atoms with Crippen LogP contribution >= 0.6 is 11.6 Å². The van der Waals surface area contributed by atoms with Crippen molar-refractivity contribution in [3.8, 4) is 0 Å². The van der Waals surface area contributed by atoms with E-state index < -0.39 is 0 Å². The second kappa shape index (κ2) is 8.06. The molecule has 0 aliphatic rings. The number of hydrogen-bond acceptors (Lipinski definition) is 2. The van der Waals surface area contributed by atoms with Gasteiger partial charge in [-0.05, 0) is 61.4 Å². The molecule has 0 aliphatic carbocycles. The van der Waals surface area contributed by atoms with Gasteiger partial charge in [0, 0.05) is 27.5 Å². The molecule has 27 heavy (non-hydrogen) atoms. The zero-order valence-electron chi connectivity index (χ0n) is 15.0. The first-order chi connectivity index (χ1) is 12.9. The van der Waals surface area contributed by atoms with Crippen LogP contribution in [0.4, 0.5) is 11.4 Å². The van der Waals surface area contributed by atoms with Crippen molar-refractivity contribution in [2.75, 3.05) is 10.6 Å². The van der Waals surface area contributed by atoms with Crippen molar-refractivity contribution in [1.82, 2.24) is 0 Å². The van der Waals surface area contributed by atoms with Crippen LogP contribution in [0.3, 0.4) is 0 Å². The van der Waals surface area contributed by atoms with Crippen molar-refractivity contribution in [2.45, 2.75) is 13.8 Å². The lowest BCUT2D eigenvalue weighted by Crippen LogP contribution is -2.14. The van der Waals surface area contributed by atoms with E-state index in [9.17, 15) is 9.59 Å². The van der Waals surface area contributed by atoms with E-state index in [1.54, 1.807) is 48.5 Å². The Morgan fingerprint density at radius 3 is 2.07 bits per heavy atom. The van der Waals surface area contributed by atoms with Gasteiger partial charge in [0.2, 0.25) is 0 Å². The fourth-order valence-electron chi connectivity index (χ4n) is 2.64. The van der Waals surface area contributed by atoms with E-state index in [1.165, 1.54) is 0 Å². The van der Waals surface area contributed by atoms with E-state index >= 15 is 0 Å². The normalized spacial score (nSPS) is 10.3. The van der Waals surface area contributed by atoms with Crippen molar-refractivity contribution >= 4 is 34.8 Å². The third-order valence-electron chi connectivity index (χ3n) is 4.20. The molecule has 0 aromatic heterocycles. The van der Waals surface area contributed by atoms with Crippen LogP contribution in [0.2, 0.25) is 5.02 Å². The molecule has 3 aromatic rings. The topological polar surface area (TPSA) is 58.2 Å². The third-order valence-corrected chi connectivity index (χ3v) is 4.61. The average Bonchev–Trinajstić information content (AvgIpc) is 2.64. The zero-order valence-corrected chi connectivity index (χ0v) is 15.8. The van der Waals surface area contributed by atoms with Crippen LogP contribution in [0.5, 0.6) is 0 Å². The summed E-state index contributed by atoms with van der Waals surface area (Å²) in [5.41, 5.74) is 4.08. The average molecular weight is 379 g/mol. The molecule has 0 spiro atoms. The molecule has 0 saturated carbocycles. The molecule has 3 rings (SSSR count). The van der Waals surface area contributed by atoms with Crippen LogP contribution in [0.1, 0.15) is 31.8 Å². The van der Waals surface area contributed by atoms with Gasteiger partial charge in [-0.15, -0.1) is 0 Å². The Kier molecular flexibility index (Phi) is 5.57. The second-order valence-electron chi connectivity index (χ2n) is 6.27. The minimum atomic E-state index is -0.265. The van der Waals surface area contributed by atoms with Crippen LogP contribution in [0.15, 0.2) is 66.7 Å². The molecular formula is C22H19ClN2O2. The molecule has 2 N–H and O–H groups in total. The molecule has 136 valence electrons. The number of amides is 2. The number of halogens is 1. The van der Waals surface area contributed by atoms with Gasteiger partial charge in [-0.25, -0.2) is 0 Å². The van der Waals surface area contributed by atoms with Crippen molar-refractivity contribution in [3.63, 3.8) is 0 Å². The first-order valence-electron chi connectivity index (χ1n) is 8.48. The smallest absolute Gasteiger partial charge is 0.255 e. The van der Waals surface area contributed by atoms with Gasteiger partial charge >= 0.3 is 0 Å². The summed E-state index contributed by atoms with van der Waals surface area (Å²) in [6.45, 7) is 3.77. The number of hydrogen-bond donors (Lipinski definition) is 2. The Balaban J connectivity index is 1.73.